The molecular weight excluding hydrogens is 286 g/mol. The lowest BCUT2D eigenvalue weighted by atomic mass is 10.3. The Kier molecular flexibility index (Phi) is 3.57. The van der Waals surface area contributed by atoms with Gasteiger partial charge in [-0.25, -0.2) is 4.98 Å². The Morgan fingerprint density at radius 2 is 1.76 bits per heavy atom. The molecule has 1 aromatic heterocycles. The Morgan fingerprint density at radius 3 is 2.41 bits per heavy atom. The van der Waals surface area contributed by atoms with Crippen LogP contribution in [0, 0.1) is 0 Å². The first-order valence-corrected chi connectivity index (χ1v) is 5.57. The zero-order chi connectivity index (χ0) is 12.4. The second-order valence-corrected chi connectivity index (χ2v) is 4.31. The van der Waals surface area contributed by atoms with E-state index in [1.54, 1.807) is 6.07 Å². The van der Waals surface area contributed by atoms with Crippen molar-refractivity contribution in [3.8, 4) is 11.6 Å². The van der Waals surface area contributed by atoms with Crippen LogP contribution < -0.4 is 10.3 Å². The number of rotatable bonds is 2. The average molecular weight is 292 g/mol. The molecule has 2 aromatic rings. The predicted octanol–water partition coefficient (Wildman–Crippen LogP) is 3.52. The van der Waals surface area contributed by atoms with Crippen LogP contribution in [0.2, 0.25) is 15.1 Å². The van der Waals surface area contributed by atoms with Gasteiger partial charge in [-0.1, -0.05) is 34.8 Å². The first-order valence-electron chi connectivity index (χ1n) is 4.43. The van der Waals surface area contributed by atoms with Gasteiger partial charge in [-0.3, -0.25) is 4.79 Å². The summed E-state index contributed by atoms with van der Waals surface area (Å²) in [5, 5.41) is 0.686. The molecule has 0 amide bonds. The minimum absolute atomic E-state index is 0.00579. The lowest BCUT2D eigenvalue weighted by Gasteiger charge is -2.06. The molecule has 0 fully saturated rings. The van der Waals surface area contributed by atoms with Crippen molar-refractivity contribution >= 4 is 34.8 Å². The van der Waals surface area contributed by atoms with E-state index in [1.165, 1.54) is 18.5 Å². The molecule has 0 atom stereocenters. The standard InChI is InChI=1S/C10H5Cl3N2O2/c11-5-1-6(12)3-7(2-5)17-10-8(13)9(16)14-4-15-10/h1-4H,(H,14,15,16). The van der Waals surface area contributed by atoms with Crippen LogP contribution in [-0.2, 0) is 0 Å². The second kappa shape index (κ2) is 4.96. The molecule has 0 spiro atoms. The second-order valence-electron chi connectivity index (χ2n) is 3.06. The van der Waals surface area contributed by atoms with E-state index in [0.29, 0.717) is 15.8 Å². The van der Waals surface area contributed by atoms with Crippen molar-refractivity contribution in [2.45, 2.75) is 0 Å². The molecule has 0 aliphatic rings. The molecule has 7 heteroatoms. The minimum Gasteiger partial charge on any atom is -0.437 e. The van der Waals surface area contributed by atoms with Gasteiger partial charge in [0.15, 0.2) is 5.02 Å². The molecule has 0 saturated carbocycles. The van der Waals surface area contributed by atoms with Gasteiger partial charge < -0.3 is 9.72 Å². The highest BCUT2D eigenvalue weighted by Gasteiger charge is 2.09. The quantitative estimate of drug-likeness (QED) is 0.921. The number of nitrogens with one attached hydrogen (secondary N) is 1. The summed E-state index contributed by atoms with van der Waals surface area (Å²) in [5.74, 6) is 0.344. The molecule has 0 aliphatic carbocycles. The normalized spacial score (nSPS) is 10.3. The van der Waals surface area contributed by atoms with Crippen LogP contribution in [0.5, 0.6) is 11.6 Å². The van der Waals surface area contributed by atoms with E-state index in [0.717, 1.165) is 0 Å². The Balaban J connectivity index is 2.38. The maximum Gasteiger partial charge on any atom is 0.273 e. The van der Waals surface area contributed by atoms with E-state index in [2.05, 4.69) is 9.97 Å². The fourth-order valence-electron chi connectivity index (χ4n) is 1.14. The highest BCUT2D eigenvalue weighted by atomic mass is 35.5. The summed E-state index contributed by atoms with van der Waals surface area (Å²) in [4.78, 5) is 17.3. The van der Waals surface area contributed by atoms with Crippen molar-refractivity contribution in [3.63, 3.8) is 0 Å². The Bertz CT molecular complexity index is 592. The van der Waals surface area contributed by atoms with Gasteiger partial charge in [-0.2, -0.15) is 0 Å². The lowest BCUT2D eigenvalue weighted by molar-refractivity contribution is 0.461. The number of halogens is 3. The fourth-order valence-corrected chi connectivity index (χ4v) is 1.78. The Morgan fingerprint density at radius 1 is 1.12 bits per heavy atom. The number of nitrogens with zero attached hydrogens (tertiary/aromatic N) is 1. The summed E-state index contributed by atoms with van der Waals surface area (Å²) >= 11 is 17.3. The third-order valence-electron chi connectivity index (χ3n) is 1.82. The predicted molar refractivity (Wildman–Crippen MR) is 66.4 cm³/mol. The molecule has 0 unspecified atom stereocenters. The first-order chi connectivity index (χ1) is 8.06. The highest BCUT2D eigenvalue weighted by Crippen LogP contribution is 2.29. The maximum absolute atomic E-state index is 11.2. The molecule has 1 N–H and O–H groups in total. The zero-order valence-corrected chi connectivity index (χ0v) is 10.5. The van der Waals surface area contributed by atoms with Crippen molar-refractivity contribution in [1.82, 2.24) is 9.97 Å². The third kappa shape index (κ3) is 2.91. The SMILES string of the molecule is O=c1[nH]cnc(Oc2cc(Cl)cc(Cl)c2)c1Cl. The van der Waals surface area contributed by atoms with Crippen LogP contribution in [0.4, 0.5) is 0 Å². The number of benzene rings is 1. The van der Waals surface area contributed by atoms with Crippen LogP contribution >= 0.6 is 34.8 Å². The number of hydrogen-bond acceptors (Lipinski definition) is 3. The van der Waals surface area contributed by atoms with Crippen LogP contribution in [0.25, 0.3) is 0 Å². The van der Waals surface area contributed by atoms with Crippen molar-refractivity contribution < 1.29 is 4.74 Å². The van der Waals surface area contributed by atoms with E-state index < -0.39 is 5.56 Å². The number of aromatic amines is 1. The van der Waals surface area contributed by atoms with Gasteiger partial charge in [0.25, 0.3) is 5.56 Å². The molecule has 1 heterocycles. The Labute approximate surface area is 111 Å². The van der Waals surface area contributed by atoms with Gasteiger partial charge in [0, 0.05) is 10.0 Å². The van der Waals surface area contributed by atoms with Crippen molar-refractivity contribution in [1.29, 1.82) is 0 Å². The first kappa shape index (κ1) is 12.2. The Hall–Kier alpha value is -1.23. The van der Waals surface area contributed by atoms with Gasteiger partial charge in [0.1, 0.15) is 5.75 Å². The number of aromatic nitrogens is 2. The lowest BCUT2D eigenvalue weighted by Crippen LogP contribution is -2.07. The molecule has 17 heavy (non-hydrogen) atoms. The summed E-state index contributed by atoms with van der Waals surface area (Å²) in [6, 6.07) is 4.63. The maximum atomic E-state index is 11.2. The highest BCUT2D eigenvalue weighted by molar-refractivity contribution is 6.34. The molecule has 4 nitrogen and oxygen atoms in total. The van der Waals surface area contributed by atoms with E-state index >= 15 is 0 Å². The molecule has 0 saturated heterocycles. The number of hydrogen-bond donors (Lipinski definition) is 1. The topological polar surface area (TPSA) is 55.0 Å². The molecule has 2 rings (SSSR count). The summed E-state index contributed by atoms with van der Waals surface area (Å²) in [6.07, 6.45) is 1.19. The third-order valence-corrected chi connectivity index (χ3v) is 2.58. The van der Waals surface area contributed by atoms with Crippen LogP contribution in [-0.4, -0.2) is 9.97 Å². The summed E-state index contributed by atoms with van der Waals surface area (Å²) in [6.45, 7) is 0. The van der Waals surface area contributed by atoms with Crippen LogP contribution in [0.3, 0.4) is 0 Å². The molecular formula is C10H5Cl3N2O2. The zero-order valence-electron chi connectivity index (χ0n) is 8.21. The molecule has 88 valence electrons. The summed E-state index contributed by atoms with van der Waals surface area (Å²) in [5.41, 5.74) is -0.482. The van der Waals surface area contributed by atoms with E-state index in [9.17, 15) is 4.79 Å². The van der Waals surface area contributed by atoms with E-state index in [-0.39, 0.29) is 10.9 Å². The fraction of sp³-hybridized carbons (Fsp3) is 0. The molecule has 0 bridgehead atoms. The molecule has 1 aromatic carbocycles. The van der Waals surface area contributed by atoms with Gasteiger partial charge in [-0.05, 0) is 18.2 Å². The number of ether oxygens (including phenoxy) is 1. The van der Waals surface area contributed by atoms with E-state index in [1.807, 2.05) is 0 Å². The summed E-state index contributed by atoms with van der Waals surface area (Å²) in [7, 11) is 0. The smallest absolute Gasteiger partial charge is 0.273 e. The van der Waals surface area contributed by atoms with Crippen molar-refractivity contribution in [2.75, 3.05) is 0 Å². The van der Waals surface area contributed by atoms with Gasteiger partial charge in [0.05, 0.1) is 6.33 Å². The van der Waals surface area contributed by atoms with E-state index in [4.69, 9.17) is 39.5 Å². The monoisotopic (exact) mass is 290 g/mol. The van der Waals surface area contributed by atoms with Gasteiger partial charge in [-0.15, -0.1) is 0 Å². The largest absolute Gasteiger partial charge is 0.437 e. The summed E-state index contributed by atoms with van der Waals surface area (Å²) < 4.78 is 5.32. The molecule has 0 aliphatic heterocycles. The van der Waals surface area contributed by atoms with Gasteiger partial charge >= 0.3 is 0 Å². The van der Waals surface area contributed by atoms with Crippen molar-refractivity contribution in [3.05, 3.63) is 49.9 Å². The van der Waals surface area contributed by atoms with Crippen molar-refractivity contribution in [2.24, 2.45) is 0 Å². The van der Waals surface area contributed by atoms with Gasteiger partial charge in [0.2, 0.25) is 5.88 Å². The van der Waals surface area contributed by atoms with Crippen LogP contribution in [0.15, 0.2) is 29.3 Å². The number of H-pyrrole nitrogens is 1. The average Bonchev–Trinajstić information content (AvgIpc) is 2.23. The minimum atomic E-state index is -0.482. The molecule has 0 radical (unpaired) electrons. The van der Waals surface area contributed by atoms with Crippen LogP contribution in [0.1, 0.15) is 0 Å².